The molecule has 96 valence electrons. The van der Waals surface area contributed by atoms with Crippen molar-refractivity contribution in [2.75, 3.05) is 30.7 Å². The van der Waals surface area contributed by atoms with Gasteiger partial charge in [0, 0.05) is 25.8 Å². The Balaban J connectivity index is 2.68. The van der Waals surface area contributed by atoms with Crippen LogP contribution >= 0.6 is 11.8 Å². The molecular weight excluding hydrogens is 238 g/mol. The maximum atomic E-state index is 5.36. The van der Waals surface area contributed by atoms with Gasteiger partial charge in [-0.2, -0.15) is 0 Å². The summed E-state index contributed by atoms with van der Waals surface area (Å²) >= 11 is 1.47. The van der Waals surface area contributed by atoms with Gasteiger partial charge in [0.25, 0.3) is 0 Å². The fourth-order valence-electron chi connectivity index (χ4n) is 1.28. The first-order valence-electron chi connectivity index (χ1n) is 5.34. The molecule has 1 rings (SSSR count). The number of hydrogen-bond donors (Lipinski definition) is 3. The predicted octanol–water partition coefficient (Wildman–Crippen LogP) is 1.32. The third-order valence-electron chi connectivity index (χ3n) is 2.19. The number of nitrogens with two attached hydrogens (primary N) is 1. The van der Waals surface area contributed by atoms with E-state index < -0.39 is 0 Å². The van der Waals surface area contributed by atoms with Gasteiger partial charge in [0.05, 0.1) is 0 Å². The second-order valence-corrected chi connectivity index (χ2v) is 4.37. The maximum absolute atomic E-state index is 5.36. The van der Waals surface area contributed by atoms with E-state index in [2.05, 4.69) is 27.6 Å². The average Bonchev–Trinajstić information content (AvgIpc) is 2.35. The Hall–Kier alpha value is -1.05. The van der Waals surface area contributed by atoms with Crippen molar-refractivity contribution in [2.45, 2.75) is 24.5 Å². The van der Waals surface area contributed by atoms with Gasteiger partial charge in [-0.1, -0.05) is 11.8 Å². The molecule has 0 aliphatic rings. The number of nitrogens with one attached hydrogen (secondary N) is 2. The quantitative estimate of drug-likeness (QED) is 0.294. The number of rotatable bonds is 7. The van der Waals surface area contributed by atoms with Crippen LogP contribution in [0, 0.1) is 0 Å². The molecule has 0 bridgehead atoms. The van der Waals surface area contributed by atoms with Crippen molar-refractivity contribution in [3.63, 3.8) is 0 Å². The van der Waals surface area contributed by atoms with Gasteiger partial charge in [0.1, 0.15) is 11.6 Å². The van der Waals surface area contributed by atoms with E-state index in [1.165, 1.54) is 11.8 Å². The Bertz CT molecular complexity index is 327. The van der Waals surface area contributed by atoms with Crippen LogP contribution in [0.3, 0.4) is 0 Å². The van der Waals surface area contributed by atoms with Crippen LogP contribution in [0.5, 0.6) is 0 Å². The molecule has 4 N–H and O–H groups in total. The second-order valence-electron chi connectivity index (χ2n) is 3.60. The monoisotopic (exact) mass is 257 g/mol. The second kappa shape index (κ2) is 7.31. The van der Waals surface area contributed by atoms with Gasteiger partial charge in [-0.05, 0) is 19.6 Å². The largest absolute Gasteiger partial charge is 0.385 e. The fraction of sp³-hybridized carbons (Fsp3) is 0.600. The zero-order chi connectivity index (χ0) is 12.7. The molecule has 0 aromatic carbocycles. The van der Waals surface area contributed by atoms with Crippen LogP contribution in [0.4, 0.5) is 11.6 Å². The first-order valence-corrected chi connectivity index (χ1v) is 6.57. The van der Waals surface area contributed by atoms with Gasteiger partial charge in [-0.15, -0.1) is 0 Å². The zero-order valence-corrected chi connectivity index (χ0v) is 11.2. The molecule has 7 heteroatoms. The lowest BCUT2D eigenvalue weighted by Crippen LogP contribution is -2.19. The van der Waals surface area contributed by atoms with E-state index in [0.29, 0.717) is 11.0 Å². The molecule has 0 aliphatic heterocycles. The first kappa shape index (κ1) is 14.0. The number of anilines is 2. The third-order valence-corrected chi connectivity index (χ3v) is 2.73. The molecule has 1 aromatic heterocycles. The van der Waals surface area contributed by atoms with Gasteiger partial charge >= 0.3 is 0 Å². The van der Waals surface area contributed by atoms with Crippen LogP contribution in [0.25, 0.3) is 0 Å². The smallest absolute Gasteiger partial charge is 0.191 e. The molecule has 1 aromatic rings. The number of hydrazine groups is 1. The highest BCUT2D eigenvalue weighted by atomic mass is 32.2. The lowest BCUT2D eigenvalue weighted by molar-refractivity contribution is 0.191. The average molecular weight is 257 g/mol. The normalized spacial score (nSPS) is 12.2. The molecule has 0 fully saturated rings. The first-order chi connectivity index (χ1) is 8.19. The molecule has 1 unspecified atom stereocenters. The Morgan fingerprint density at radius 2 is 2.18 bits per heavy atom. The Kier molecular flexibility index (Phi) is 6.03. The van der Waals surface area contributed by atoms with E-state index in [-0.39, 0.29) is 6.04 Å². The summed E-state index contributed by atoms with van der Waals surface area (Å²) < 4.78 is 5.03. The molecule has 0 saturated heterocycles. The predicted molar refractivity (Wildman–Crippen MR) is 71.2 cm³/mol. The van der Waals surface area contributed by atoms with Crippen LogP contribution in [-0.2, 0) is 4.74 Å². The number of aromatic nitrogens is 2. The minimum Gasteiger partial charge on any atom is -0.385 e. The molecule has 1 heterocycles. The van der Waals surface area contributed by atoms with Crippen LogP contribution in [0.2, 0.25) is 0 Å². The van der Waals surface area contributed by atoms with E-state index in [1.807, 2.05) is 6.26 Å². The molecular formula is C10H19N5OS. The Morgan fingerprint density at radius 1 is 1.47 bits per heavy atom. The Labute approximate surface area is 106 Å². The number of hydrogen-bond acceptors (Lipinski definition) is 7. The topological polar surface area (TPSA) is 85.1 Å². The summed E-state index contributed by atoms with van der Waals surface area (Å²) in [6, 6.07) is 2.06. The summed E-state index contributed by atoms with van der Waals surface area (Å²) in [6.07, 6.45) is 2.84. The lowest BCUT2D eigenvalue weighted by Gasteiger charge is -2.15. The molecule has 0 aliphatic carbocycles. The molecule has 0 amide bonds. The van der Waals surface area contributed by atoms with Crippen LogP contribution in [-0.4, -0.2) is 36.0 Å². The molecule has 1 atom stereocenters. The summed E-state index contributed by atoms with van der Waals surface area (Å²) in [5.41, 5.74) is 2.53. The number of nitrogens with zero attached hydrogens (tertiary/aromatic N) is 2. The van der Waals surface area contributed by atoms with Gasteiger partial charge < -0.3 is 15.5 Å². The van der Waals surface area contributed by atoms with Crippen molar-refractivity contribution in [2.24, 2.45) is 5.84 Å². The molecule has 0 saturated carbocycles. The Morgan fingerprint density at radius 3 is 2.76 bits per heavy atom. The maximum Gasteiger partial charge on any atom is 0.191 e. The van der Waals surface area contributed by atoms with Crippen LogP contribution < -0.4 is 16.6 Å². The van der Waals surface area contributed by atoms with E-state index in [4.69, 9.17) is 10.6 Å². The van der Waals surface area contributed by atoms with Crippen LogP contribution in [0.15, 0.2) is 11.2 Å². The highest BCUT2D eigenvalue weighted by molar-refractivity contribution is 7.98. The number of thioether (sulfide) groups is 1. The summed E-state index contributed by atoms with van der Waals surface area (Å²) in [7, 11) is 1.69. The fourth-order valence-corrected chi connectivity index (χ4v) is 1.66. The van der Waals surface area contributed by atoms with Gasteiger partial charge in [0.15, 0.2) is 5.16 Å². The standard InChI is InChI=1S/C10H19N5OS/c1-7(4-5-16-2)12-8-6-9(15-11)14-10(13-8)17-3/h6-7H,4-5,11H2,1-3H3,(H2,12,13,14,15). The van der Waals surface area contributed by atoms with Gasteiger partial charge in [0.2, 0.25) is 0 Å². The van der Waals surface area contributed by atoms with Crippen molar-refractivity contribution < 1.29 is 4.74 Å². The highest BCUT2D eigenvalue weighted by Crippen LogP contribution is 2.17. The number of ether oxygens (including phenoxy) is 1. The SMILES string of the molecule is COCCC(C)Nc1cc(NN)nc(SC)n1. The van der Waals surface area contributed by atoms with Crippen molar-refractivity contribution in [1.82, 2.24) is 9.97 Å². The molecule has 6 nitrogen and oxygen atoms in total. The van der Waals surface area contributed by atoms with E-state index in [0.717, 1.165) is 18.8 Å². The van der Waals surface area contributed by atoms with Gasteiger partial charge in [-0.3, -0.25) is 0 Å². The number of methoxy groups -OCH3 is 1. The highest BCUT2D eigenvalue weighted by Gasteiger charge is 2.06. The lowest BCUT2D eigenvalue weighted by atomic mass is 10.2. The summed E-state index contributed by atoms with van der Waals surface area (Å²) in [6.45, 7) is 2.80. The third kappa shape index (κ3) is 4.76. The van der Waals surface area contributed by atoms with E-state index in [9.17, 15) is 0 Å². The minimum absolute atomic E-state index is 0.283. The number of nitrogen functional groups attached to an aromatic ring is 1. The van der Waals surface area contributed by atoms with Crippen molar-refractivity contribution in [1.29, 1.82) is 0 Å². The van der Waals surface area contributed by atoms with Crippen molar-refractivity contribution in [3.05, 3.63) is 6.07 Å². The molecule has 0 radical (unpaired) electrons. The summed E-state index contributed by atoms with van der Waals surface area (Å²) in [5.74, 6) is 6.72. The van der Waals surface area contributed by atoms with Crippen molar-refractivity contribution in [3.8, 4) is 0 Å². The summed E-state index contributed by atoms with van der Waals surface area (Å²) in [4.78, 5) is 8.54. The van der Waals surface area contributed by atoms with Gasteiger partial charge in [-0.25, -0.2) is 15.8 Å². The molecule has 17 heavy (non-hydrogen) atoms. The van der Waals surface area contributed by atoms with E-state index >= 15 is 0 Å². The molecule has 0 spiro atoms. The minimum atomic E-state index is 0.283. The summed E-state index contributed by atoms with van der Waals surface area (Å²) in [5, 5.41) is 3.97. The van der Waals surface area contributed by atoms with Crippen LogP contribution in [0.1, 0.15) is 13.3 Å². The zero-order valence-electron chi connectivity index (χ0n) is 10.4. The van der Waals surface area contributed by atoms with E-state index in [1.54, 1.807) is 13.2 Å². The van der Waals surface area contributed by atoms with Crippen molar-refractivity contribution >= 4 is 23.4 Å².